The van der Waals surface area contributed by atoms with Gasteiger partial charge in [0.25, 0.3) is 0 Å². The number of hydrogen-bond acceptors (Lipinski definition) is 2. The Labute approximate surface area is 102 Å². The lowest BCUT2D eigenvalue weighted by molar-refractivity contribution is 0.603. The molecule has 1 aromatic carbocycles. The van der Waals surface area contributed by atoms with Gasteiger partial charge < -0.3 is 5.73 Å². The van der Waals surface area contributed by atoms with Crippen LogP contribution in [-0.4, -0.2) is 16.3 Å². The van der Waals surface area contributed by atoms with E-state index >= 15 is 0 Å². The first-order chi connectivity index (χ1) is 8.33. The molecular formula is C14H19N3. The number of hydrogen-bond donors (Lipinski definition) is 1. The van der Waals surface area contributed by atoms with Crippen molar-refractivity contribution in [1.82, 2.24) is 9.78 Å². The van der Waals surface area contributed by atoms with E-state index in [1.807, 2.05) is 10.9 Å². The van der Waals surface area contributed by atoms with Gasteiger partial charge in [0.1, 0.15) is 0 Å². The first-order valence-electron chi connectivity index (χ1n) is 6.15. The molecule has 0 aliphatic heterocycles. The lowest BCUT2D eigenvalue weighted by atomic mass is 10.1. The minimum atomic E-state index is 0.702. The molecule has 3 heteroatoms. The van der Waals surface area contributed by atoms with Gasteiger partial charge in [-0.3, -0.25) is 4.68 Å². The fourth-order valence-electron chi connectivity index (χ4n) is 1.89. The summed E-state index contributed by atoms with van der Waals surface area (Å²) in [6.45, 7) is 3.84. The Bertz CT molecular complexity index is 457. The van der Waals surface area contributed by atoms with Gasteiger partial charge in [0, 0.05) is 18.3 Å². The van der Waals surface area contributed by atoms with Crippen LogP contribution in [0.25, 0.3) is 11.1 Å². The van der Waals surface area contributed by atoms with Gasteiger partial charge in [-0.2, -0.15) is 5.10 Å². The van der Waals surface area contributed by atoms with Gasteiger partial charge in [-0.25, -0.2) is 0 Å². The summed E-state index contributed by atoms with van der Waals surface area (Å²) in [4.78, 5) is 0. The summed E-state index contributed by atoms with van der Waals surface area (Å²) in [7, 11) is 0. The van der Waals surface area contributed by atoms with Crippen molar-refractivity contribution in [2.45, 2.75) is 26.3 Å². The fourth-order valence-corrected chi connectivity index (χ4v) is 1.89. The van der Waals surface area contributed by atoms with E-state index in [0.717, 1.165) is 19.4 Å². The maximum absolute atomic E-state index is 5.53. The topological polar surface area (TPSA) is 43.8 Å². The quantitative estimate of drug-likeness (QED) is 0.856. The predicted octanol–water partition coefficient (Wildman–Crippen LogP) is 2.46. The van der Waals surface area contributed by atoms with E-state index in [4.69, 9.17) is 5.73 Å². The Morgan fingerprint density at radius 2 is 1.94 bits per heavy atom. The maximum Gasteiger partial charge on any atom is 0.0568 e. The molecule has 3 nitrogen and oxygen atoms in total. The minimum Gasteiger partial charge on any atom is -0.330 e. The highest BCUT2D eigenvalue weighted by Gasteiger charge is 2.01. The third-order valence-electron chi connectivity index (χ3n) is 2.81. The lowest BCUT2D eigenvalue weighted by Gasteiger charge is -2.01. The second-order valence-electron chi connectivity index (χ2n) is 4.23. The zero-order valence-electron chi connectivity index (χ0n) is 10.3. The van der Waals surface area contributed by atoms with Crippen LogP contribution in [0.5, 0.6) is 0 Å². The summed E-state index contributed by atoms with van der Waals surface area (Å²) < 4.78 is 1.99. The number of rotatable bonds is 5. The number of nitrogens with zero attached hydrogens (tertiary/aromatic N) is 2. The van der Waals surface area contributed by atoms with Crippen LogP contribution in [0.4, 0.5) is 0 Å². The SMILES string of the molecule is CCCn1cc(-c2ccc(CCN)cc2)cn1. The van der Waals surface area contributed by atoms with Crippen LogP contribution in [-0.2, 0) is 13.0 Å². The van der Waals surface area contributed by atoms with Gasteiger partial charge in [-0.05, 0) is 30.5 Å². The van der Waals surface area contributed by atoms with Crippen molar-refractivity contribution in [1.29, 1.82) is 0 Å². The molecule has 17 heavy (non-hydrogen) atoms. The van der Waals surface area contributed by atoms with Crippen LogP contribution in [0.3, 0.4) is 0 Å². The lowest BCUT2D eigenvalue weighted by Crippen LogP contribution is -2.02. The average molecular weight is 229 g/mol. The van der Waals surface area contributed by atoms with Crippen LogP contribution in [0, 0.1) is 0 Å². The van der Waals surface area contributed by atoms with E-state index in [-0.39, 0.29) is 0 Å². The fraction of sp³-hybridized carbons (Fsp3) is 0.357. The molecular weight excluding hydrogens is 210 g/mol. The van der Waals surface area contributed by atoms with E-state index in [2.05, 4.69) is 42.5 Å². The van der Waals surface area contributed by atoms with E-state index in [1.165, 1.54) is 16.7 Å². The largest absolute Gasteiger partial charge is 0.330 e. The summed E-state index contributed by atoms with van der Waals surface area (Å²) in [6, 6.07) is 8.55. The van der Waals surface area contributed by atoms with Gasteiger partial charge in [0.2, 0.25) is 0 Å². The summed E-state index contributed by atoms with van der Waals surface area (Å²) in [5.74, 6) is 0. The molecule has 0 amide bonds. The third kappa shape index (κ3) is 2.94. The molecule has 0 saturated heterocycles. The molecule has 2 aromatic rings. The highest BCUT2D eigenvalue weighted by Crippen LogP contribution is 2.19. The van der Waals surface area contributed by atoms with Crippen LogP contribution in [0.15, 0.2) is 36.7 Å². The molecule has 1 aromatic heterocycles. The molecule has 1 heterocycles. The predicted molar refractivity (Wildman–Crippen MR) is 70.7 cm³/mol. The Balaban J connectivity index is 2.15. The molecule has 0 unspecified atom stereocenters. The zero-order chi connectivity index (χ0) is 12.1. The summed E-state index contributed by atoms with van der Waals surface area (Å²) in [5, 5.41) is 4.34. The van der Waals surface area contributed by atoms with Crippen LogP contribution >= 0.6 is 0 Å². The third-order valence-corrected chi connectivity index (χ3v) is 2.81. The van der Waals surface area contributed by atoms with Gasteiger partial charge >= 0.3 is 0 Å². The first-order valence-corrected chi connectivity index (χ1v) is 6.15. The van der Waals surface area contributed by atoms with E-state index in [1.54, 1.807) is 0 Å². The zero-order valence-corrected chi connectivity index (χ0v) is 10.3. The van der Waals surface area contributed by atoms with Crippen LogP contribution in [0.2, 0.25) is 0 Å². The number of aryl methyl sites for hydroxylation is 1. The van der Waals surface area contributed by atoms with Crippen molar-refractivity contribution in [2.75, 3.05) is 6.54 Å². The van der Waals surface area contributed by atoms with Crippen LogP contribution in [0.1, 0.15) is 18.9 Å². The molecule has 0 radical (unpaired) electrons. The second kappa shape index (κ2) is 5.64. The Morgan fingerprint density at radius 3 is 2.59 bits per heavy atom. The molecule has 2 N–H and O–H groups in total. The summed E-state index contributed by atoms with van der Waals surface area (Å²) in [5.41, 5.74) is 9.22. The van der Waals surface area contributed by atoms with Crippen molar-refractivity contribution < 1.29 is 0 Å². The smallest absolute Gasteiger partial charge is 0.0568 e. The first kappa shape index (κ1) is 11.9. The van der Waals surface area contributed by atoms with E-state index < -0.39 is 0 Å². The van der Waals surface area contributed by atoms with Crippen molar-refractivity contribution in [3.05, 3.63) is 42.2 Å². The molecule has 0 aliphatic rings. The normalized spacial score (nSPS) is 10.7. The monoisotopic (exact) mass is 229 g/mol. The molecule has 0 saturated carbocycles. The van der Waals surface area contributed by atoms with Gasteiger partial charge in [-0.1, -0.05) is 31.2 Å². The van der Waals surface area contributed by atoms with E-state index in [9.17, 15) is 0 Å². The number of aromatic nitrogens is 2. The van der Waals surface area contributed by atoms with Crippen molar-refractivity contribution in [3.63, 3.8) is 0 Å². The highest BCUT2D eigenvalue weighted by molar-refractivity contribution is 5.61. The Morgan fingerprint density at radius 1 is 1.18 bits per heavy atom. The molecule has 90 valence electrons. The number of benzene rings is 1. The molecule has 0 bridgehead atoms. The number of nitrogens with two attached hydrogens (primary N) is 1. The molecule has 2 rings (SSSR count). The minimum absolute atomic E-state index is 0.702. The summed E-state index contributed by atoms with van der Waals surface area (Å²) in [6.07, 6.45) is 6.07. The Kier molecular flexibility index (Phi) is 3.94. The van der Waals surface area contributed by atoms with Crippen LogP contribution < -0.4 is 5.73 Å². The summed E-state index contributed by atoms with van der Waals surface area (Å²) >= 11 is 0. The highest BCUT2D eigenvalue weighted by atomic mass is 15.3. The van der Waals surface area contributed by atoms with E-state index in [0.29, 0.717) is 6.54 Å². The van der Waals surface area contributed by atoms with Crippen molar-refractivity contribution in [2.24, 2.45) is 5.73 Å². The van der Waals surface area contributed by atoms with Crippen molar-refractivity contribution >= 4 is 0 Å². The molecule has 0 aliphatic carbocycles. The molecule has 0 spiro atoms. The van der Waals surface area contributed by atoms with Gasteiger partial charge in [0.05, 0.1) is 6.20 Å². The molecule has 0 atom stereocenters. The average Bonchev–Trinajstić information content (AvgIpc) is 2.80. The standard InChI is InChI=1S/C14H19N3/c1-2-9-17-11-14(10-16-17)13-5-3-12(4-6-13)7-8-15/h3-6,10-11H,2,7-9,15H2,1H3. The Hall–Kier alpha value is -1.61. The molecule has 0 fully saturated rings. The maximum atomic E-state index is 5.53. The second-order valence-corrected chi connectivity index (χ2v) is 4.23. The van der Waals surface area contributed by atoms with Gasteiger partial charge in [-0.15, -0.1) is 0 Å². The van der Waals surface area contributed by atoms with Crippen molar-refractivity contribution in [3.8, 4) is 11.1 Å². The van der Waals surface area contributed by atoms with Gasteiger partial charge in [0.15, 0.2) is 0 Å².